The zero-order valence-corrected chi connectivity index (χ0v) is 9.81. The highest BCUT2D eigenvalue weighted by Gasteiger charge is 2.48. The van der Waals surface area contributed by atoms with Crippen molar-refractivity contribution < 1.29 is 0 Å². The van der Waals surface area contributed by atoms with Gasteiger partial charge in [0.05, 0.1) is 0 Å². The van der Waals surface area contributed by atoms with Crippen molar-refractivity contribution in [3.05, 3.63) is 0 Å². The molecule has 0 radical (unpaired) electrons. The van der Waals surface area contributed by atoms with Crippen LogP contribution in [0.4, 0.5) is 0 Å². The third kappa shape index (κ3) is 1.71. The Balaban J connectivity index is 1.93. The lowest BCUT2D eigenvalue weighted by molar-refractivity contribution is -0.0281. The van der Waals surface area contributed by atoms with Gasteiger partial charge in [-0.3, -0.25) is 0 Å². The quantitative estimate of drug-likeness (QED) is 0.728. The molecular weight excluding hydrogens is 170 g/mol. The molecule has 0 amide bonds. The summed E-state index contributed by atoms with van der Waals surface area (Å²) in [6.07, 6.45) is 10.5. The summed E-state index contributed by atoms with van der Waals surface area (Å²) in [5, 5.41) is 3.62. The van der Waals surface area contributed by atoms with E-state index in [0.717, 1.165) is 23.9 Å². The van der Waals surface area contributed by atoms with E-state index < -0.39 is 0 Å². The van der Waals surface area contributed by atoms with Gasteiger partial charge in [0.1, 0.15) is 0 Å². The van der Waals surface area contributed by atoms with Crippen molar-refractivity contribution in [2.75, 3.05) is 6.54 Å². The molecular formula is C13H25N. The summed E-state index contributed by atoms with van der Waals surface area (Å²) in [6.45, 7) is 5.75. The maximum atomic E-state index is 3.62. The molecule has 1 nitrogen and oxygen atoms in total. The zero-order valence-electron chi connectivity index (χ0n) is 9.81. The van der Waals surface area contributed by atoms with Crippen LogP contribution in [-0.4, -0.2) is 12.6 Å². The second kappa shape index (κ2) is 4.22. The fourth-order valence-electron chi connectivity index (χ4n) is 3.84. The maximum Gasteiger partial charge on any atom is 0.00721 e. The van der Waals surface area contributed by atoms with Crippen molar-refractivity contribution in [1.29, 1.82) is 0 Å². The Bertz CT molecular complexity index is 182. The first-order chi connectivity index (χ1) is 6.78. The highest BCUT2D eigenvalue weighted by molar-refractivity contribution is 5.00. The first-order valence-corrected chi connectivity index (χ1v) is 6.52. The van der Waals surface area contributed by atoms with Gasteiger partial charge in [-0.25, -0.2) is 0 Å². The summed E-state index contributed by atoms with van der Waals surface area (Å²) >= 11 is 0. The average molecular weight is 195 g/mol. The molecule has 1 heteroatoms. The molecule has 0 bridgehead atoms. The summed E-state index contributed by atoms with van der Waals surface area (Å²) in [5.41, 5.74) is 0.778. The smallest absolute Gasteiger partial charge is 0.00721 e. The van der Waals surface area contributed by atoms with E-state index in [1.165, 1.54) is 44.9 Å². The number of rotatable bonds is 3. The minimum atomic E-state index is 0.756. The van der Waals surface area contributed by atoms with Crippen LogP contribution in [0.25, 0.3) is 0 Å². The summed E-state index contributed by atoms with van der Waals surface area (Å²) < 4.78 is 0. The van der Waals surface area contributed by atoms with Gasteiger partial charge in [-0.2, -0.15) is 0 Å². The molecule has 0 aliphatic heterocycles. The fourth-order valence-corrected chi connectivity index (χ4v) is 3.84. The largest absolute Gasteiger partial charge is 0.314 e. The summed E-state index contributed by atoms with van der Waals surface area (Å²) in [6, 6.07) is 0.756. The molecule has 2 aliphatic carbocycles. The van der Waals surface area contributed by atoms with Crippen LogP contribution in [0.1, 0.15) is 58.8 Å². The van der Waals surface area contributed by atoms with Crippen molar-refractivity contribution in [2.24, 2.45) is 11.3 Å². The highest BCUT2D eigenvalue weighted by Crippen LogP contribution is 2.56. The van der Waals surface area contributed by atoms with E-state index in [9.17, 15) is 0 Å². The molecule has 2 rings (SSSR count). The molecule has 0 aromatic heterocycles. The Morgan fingerprint density at radius 3 is 2.43 bits per heavy atom. The lowest BCUT2D eigenvalue weighted by Gasteiger charge is -2.55. The molecule has 0 heterocycles. The molecule has 2 atom stereocenters. The van der Waals surface area contributed by atoms with Gasteiger partial charge in [-0.15, -0.1) is 0 Å². The summed E-state index contributed by atoms with van der Waals surface area (Å²) in [5.74, 6) is 0.989. The van der Waals surface area contributed by atoms with Crippen molar-refractivity contribution in [3.63, 3.8) is 0 Å². The van der Waals surface area contributed by atoms with Crippen molar-refractivity contribution in [2.45, 2.75) is 64.8 Å². The predicted octanol–water partition coefficient (Wildman–Crippen LogP) is 3.34. The molecule has 0 aromatic rings. The van der Waals surface area contributed by atoms with E-state index in [2.05, 4.69) is 19.2 Å². The monoisotopic (exact) mass is 195 g/mol. The van der Waals surface area contributed by atoms with Gasteiger partial charge in [0.15, 0.2) is 0 Å². The molecule has 1 N–H and O–H groups in total. The molecule has 0 aromatic carbocycles. The molecule has 0 saturated heterocycles. The van der Waals surface area contributed by atoms with Crippen LogP contribution in [0.3, 0.4) is 0 Å². The van der Waals surface area contributed by atoms with Crippen LogP contribution in [-0.2, 0) is 0 Å². The molecule has 2 unspecified atom stereocenters. The lowest BCUT2D eigenvalue weighted by Crippen LogP contribution is -2.51. The Morgan fingerprint density at radius 2 is 1.93 bits per heavy atom. The first kappa shape index (κ1) is 10.5. The number of hydrogen-bond acceptors (Lipinski definition) is 1. The third-order valence-corrected chi connectivity index (χ3v) is 4.72. The molecule has 2 fully saturated rings. The topological polar surface area (TPSA) is 12.0 Å². The zero-order chi connectivity index (χ0) is 10.0. The van der Waals surface area contributed by atoms with Crippen LogP contribution in [0.2, 0.25) is 0 Å². The lowest BCUT2D eigenvalue weighted by atomic mass is 9.52. The predicted molar refractivity (Wildman–Crippen MR) is 61.4 cm³/mol. The molecule has 2 aliphatic rings. The van der Waals surface area contributed by atoms with Gasteiger partial charge in [-0.1, -0.05) is 26.2 Å². The molecule has 1 spiro atoms. The Hall–Kier alpha value is -0.0400. The van der Waals surface area contributed by atoms with Crippen LogP contribution in [0.15, 0.2) is 0 Å². The van der Waals surface area contributed by atoms with Gasteiger partial charge in [0, 0.05) is 6.04 Å². The van der Waals surface area contributed by atoms with Crippen LogP contribution in [0.5, 0.6) is 0 Å². The summed E-state index contributed by atoms with van der Waals surface area (Å²) in [4.78, 5) is 0. The minimum absolute atomic E-state index is 0.756. The van der Waals surface area contributed by atoms with Gasteiger partial charge >= 0.3 is 0 Å². The highest BCUT2D eigenvalue weighted by atomic mass is 14.9. The van der Waals surface area contributed by atoms with E-state index in [4.69, 9.17) is 0 Å². The standard InChI is InChI=1S/C13H25N/c1-3-14-11(2)12-7-10-13(12)8-5-4-6-9-13/h11-12,14H,3-10H2,1-2H3. The normalized spacial score (nSPS) is 32.6. The van der Waals surface area contributed by atoms with E-state index in [0.29, 0.717) is 0 Å². The van der Waals surface area contributed by atoms with Crippen molar-refractivity contribution >= 4 is 0 Å². The second-order valence-corrected chi connectivity index (χ2v) is 5.41. The number of nitrogens with one attached hydrogen (secondary N) is 1. The maximum absolute atomic E-state index is 3.62. The van der Waals surface area contributed by atoms with E-state index >= 15 is 0 Å². The van der Waals surface area contributed by atoms with Crippen molar-refractivity contribution in [1.82, 2.24) is 5.32 Å². The Morgan fingerprint density at radius 1 is 1.21 bits per heavy atom. The molecule has 82 valence electrons. The van der Waals surface area contributed by atoms with Crippen molar-refractivity contribution in [3.8, 4) is 0 Å². The van der Waals surface area contributed by atoms with E-state index in [1.807, 2.05) is 0 Å². The van der Waals surface area contributed by atoms with E-state index in [-0.39, 0.29) is 0 Å². The van der Waals surface area contributed by atoms with Crippen LogP contribution >= 0.6 is 0 Å². The van der Waals surface area contributed by atoms with Crippen LogP contribution in [0, 0.1) is 11.3 Å². The van der Waals surface area contributed by atoms with Gasteiger partial charge in [0.2, 0.25) is 0 Å². The minimum Gasteiger partial charge on any atom is -0.314 e. The number of hydrogen-bond donors (Lipinski definition) is 1. The van der Waals surface area contributed by atoms with Gasteiger partial charge < -0.3 is 5.32 Å². The summed E-state index contributed by atoms with van der Waals surface area (Å²) in [7, 11) is 0. The van der Waals surface area contributed by atoms with E-state index in [1.54, 1.807) is 0 Å². The fraction of sp³-hybridized carbons (Fsp3) is 1.00. The van der Waals surface area contributed by atoms with Gasteiger partial charge in [0.25, 0.3) is 0 Å². The molecule has 14 heavy (non-hydrogen) atoms. The SMILES string of the molecule is CCNC(C)C1CCC12CCCCC2. The van der Waals surface area contributed by atoms with Gasteiger partial charge in [-0.05, 0) is 50.5 Å². The molecule has 2 saturated carbocycles. The van der Waals surface area contributed by atoms with Crippen LogP contribution < -0.4 is 5.32 Å². The Labute approximate surface area is 88.7 Å². The average Bonchev–Trinajstić information content (AvgIpc) is 2.18. The Kier molecular flexibility index (Phi) is 3.16. The third-order valence-electron chi connectivity index (χ3n) is 4.72. The first-order valence-electron chi connectivity index (χ1n) is 6.52. The second-order valence-electron chi connectivity index (χ2n) is 5.41.